The Bertz CT molecular complexity index is 765. The normalized spacial score (nSPS) is 10.7. The minimum Gasteiger partial charge on any atom is -0.497 e. The van der Waals surface area contributed by atoms with Crippen LogP contribution in [-0.4, -0.2) is 26.8 Å². The second-order valence-corrected chi connectivity index (χ2v) is 6.25. The zero-order valence-electron chi connectivity index (χ0n) is 16.8. The van der Waals surface area contributed by atoms with Crippen molar-refractivity contribution in [1.29, 1.82) is 0 Å². The van der Waals surface area contributed by atoms with Crippen LogP contribution in [0.1, 0.15) is 38.2 Å². The van der Waals surface area contributed by atoms with Gasteiger partial charge in [0.05, 0.1) is 20.8 Å². The van der Waals surface area contributed by atoms with Crippen LogP contribution in [0.5, 0.6) is 23.0 Å². The summed E-state index contributed by atoms with van der Waals surface area (Å²) in [6.07, 6.45) is 7.66. The minimum atomic E-state index is -0.458. The number of methoxy groups -OCH3 is 2. The lowest BCUT2D eigenvalue weighted by Crippen LogP contribution is -2.03. The van der Waals surface area contributed by atoms with E-state index in [-0.39, 0.29) is 0 Å². The maximum Gasteiger partial charge on any atom is 0.336 e. The molecule has 0 aliphatic carbocycles. The number of carbonyl (C=O) groups is 1. The molecule has 0 aromatic heterocycles. The molecule has 0 bridgehead atoms. The van der Waals surface area contributed by atoms with Gasteiger partial charge in [-0.05, 0) is 54.5 Å². The molecule has 2 rings (SSSR count). The standard InChI is InChI=1S/C23H28O5/c1-4-5-6-7-16-27-21-14-8-18(17-22(21)26-3)9-15-23(24)28-20-12-10-19(25-2)11-13-20/h8-15,17H,4-7,16H2,1-3H3/b15-9+. The minimum absolute atomic E-state index is 0.458. The molecular weight excluding hydrogens is 356 g/mol. The van der Waals surface area contributed by atoms with Gasteiger partial charge in [-0.3, -0.25) is 0 Å². The first kappa shape index (κ1) is 21.4. The fourth-order valence-electron chi connectivity index (χ4n) is 2.58. The molecule has 0 saturated heterocycles. The fourth-order valence-corrected chi connectivity index (χ4v) is 2.58. The molecule has 150 valence electrons. The Morgan fingerprint density at radius 1 is 0.893 bits per heavy atom. The maximum atomic E-state index is 12.0. The summed E-state index contributed by atoms with van der Waals surface area (Å²) in [5, 5.41) is 0. The second-order valence-electron chi connectivity index (χ2n) is 6.25. The summed E-state index contributed by atoms with van der Waals surface area (Å²) in [4.78, 5) is 12.0. The maximum absolute atomic E-state index is 12.0. The predicted molar refractivity (Wildman–Crippen MR) is 110 cm³/mol. The van der Waals surface area contributed by atoms with Gasteiger partial charge in [0, 0.05) is 6.08 Å². The predicted octanol–water partition coefficient (Wildman–Crippen LogP) is 5.28. The lowest BCUT2D eigenvalue weighted by Gasteiger charge is -2.11. The molecule has 28 heavy (non-hydrogen) atoms. The molecule has 5 nitrogen and oxygen atoms in total. The monoisotopic (exact) mass is 384 g/mol. The number of hydrogen-bond donors (Lipinski definition) is 0. The van der Waals surface area contributed by atoms with Crippen molar-refractivity contribution in [3.63, 3.8) is 0 Å². The van der Waals surface area contributed by atoms with E-state index in [2.05, 4.69) is 6.92 Å². The van der Waals surface area contributed by atoms with Crippen molar-refractivity contribution in [2.24, 2.45) is 0 Å². The van der Waals surface area contributed by atoms with E-state index in [1.807, 2.05) is 18.2 Å². The van der Waals surface area contributed by atoms with Crippen LogP contribution in [0.25, 0.3) is 6.08 Å². The van der Waals surface area contributed by atoms with Crippen LogP contribution in [-0.2, 0) is 4.79 Å². The van der Waals surface area contributed by atoms with Crippen LogP contribution in [0.2, 0.25) is 0 Å². The largest absolute Gasteiger partial charge is 0.497 e. The molecule has 0 atom stereocenters. The van der Waals surface area contributed by atoms with E-state index < -0.39 is 5.97 Å². The van der Waals surface area contributed by atoms with E-state index in [4.69, 9.17) is 18.9 Å². The number of rotatable bonds is 11. The fraction of sp³-hybridized carbons (Fsp3) is 0.348. The van der Waals surface area contributed by atoms with Crippen molar-refractivity contribution in [3.05, 3.63) is 54.1 Å². The molecular formula is C23H28O5. The highest BCUT2D eigenvalue weighted by Crippen LogP contribution is 2.29. The van der Waals surface area contributed by atoms with Crippen LogP contribution in [0.3, 0.4) is 0 Å². The third-order valence-corrected chi connectivity index (χ3v) is 4.13. The molecule has 0 spiro atoms. The topological polar surface area (TPSA) is 54.0 Å². The molecule has 0 unspecified atom stereocenters. The highest BCUT2D eigenvalue weighted by molar-refractivity contribution is 5.88. The van der Waals surface area contributed by atoms with Crippen molar-refractivity contribution >= 4 is 12.0 Å². The Labute approximate surface area is 166 Å². The summed E-state index contributed by atoms with van der Waals surface area (Å²) >= 11 is 0. The Kier molecular flexibility index (Phi) is 8.92. The van der Waals surface area contributed by atoms with Crippen molar-refractivity contribution in [2.75, 3.05) is 20.8 Å². The van der Waals surface area contributed by atoms with Crippen LogP contribution < -0.4 is 18.9 Å². The van der Waals surface area contributed by atoms with Gasteiger partial charge in [-0.15, -0.1) is 0 Å². The number of carbonyl (C=O) groups excluding carboxylic acids is 1. The summed E-state index contributed by atoms with van der Waals surface area (Å²) in [7, 11) is 3.19. The molecule has 0 radical (unpaired) electrons. The van der Waals surface area contributed by atoms with Crippen LogP contribution >= 0.6 is 0 Å². The molecule has 0 aliphatic heterocycles. The van der Waals surface area contributed by atoms with Crippen LogP contribution in [0, 0.1) is 0 Å². The molecule has 0 fully saturated rings. The zero-order valence-corrected chi connectivity index (χ0v) is 16.8. The van der Waals surface area contributed by atoms with Gasteiger partial charge in [-0.1, -0.05) is 32.3 Å². The first-order chi connectivity index (χ1) is 13.7. The molecule has 2 aromatic rings. The summed E-state index contributed by atoms with van der Waals surface area (Å²) in [5.41, 5.74) is 0.821. The Morgan fingerprint density at radius 3 is 2.32 bits per heavy atom. The van der Waals surface area contributed by atoms with Gasteiger partial charge in [0.1, 0.15) is 11.5 Å². The second kappa shape index (κ2) is 11.7. The number of hydrogen-bond acceptors (Lipinski definition) is 5. The Hall–Kier alpha value is -2.95. The number of benzene rings is 2. The first-order valence-electron chi connectivity index (χ1n) is 9.51. The number of esters is 1. The van der Waals surface area contributed by atoms with Crippen molar-refractivity contribution in [1.82, 2.24) is 0 Å². The molecule has 0 saturated carbocycles. The Balaban J connectivity index is 1.91. The van der Waals surface area contributed by atoms with Crippen molar-refractivity contribution in [2.45, 2.75) is 32.6 Å². The Morgan fingerprint density at radius 2 is 1.64 bits per heavy atom. The first-order valence-corrected chi connectivity index (χ1v) is 9.51. The SMILES string of the molecule is CCCCCCOc1ccc(/C=C/C(=O)Oc2ccc(OC)cc2)cc1OC. The number of unbranched alkanes of at least 4 members (excludes halogenated alkanes) is 3. The third-order valence-electron chi connectivity index (χ3n) is 4.13. The van der Waals surface area contributed by atoms with Crippen molar-refractivity contribution in [3.8, 4) is 23.0 Å². The quantitative estimate of drug-likeness (QED) is 0.228. The van der Waals surface area contributed by atoms with Gasteiger partial charge in [-0.2, -0.15) is 0 Å². The molecule has 0 aliphatic rings. The van der Waals surface area contributed by atoms with Crippen LogP contribution in [0.15, 0.2) is 48.5 Å². The average Bonchev–Trinajstić information content (AvgIpc) is 2.73. The molecule has 2 aromatic carbocycles. The van der Waals surface area contributed by atoms with E-state index in [1.54, 1.807) is 44.6 Å². The average molecular weight is 384 g/mol. The summed E-state index contributed by atoms with van der Waals surface area (Å²) < 4.78 is 21.5. The van der Waals surface area contributed by atoms with Gasteiger partial charge in [0.25, 0.3) is 0 Å². The highest BCUT2D eigenvalue weighted by atomic mass is 16.5. The van der Waals surface area contributed by atoms with E-state index in [9.17, 15) is 4.79 Å². The lowest BCUT2D eigenvalue weighted by molar-refractivity contribution is -0.128. The molecule has 0 heterocycles. The molecule has 5 heteroatoms. The van der Waals surface area contributed by atoms with Crippen LogP contribution in [0.4, 0.5) is 0 Å². The number of ether oxygens (including phenoxy) is 4. The smallest absolute Gasteiger partial charge is 0.336 e. The van der Waals surface area contributed by atoms with Gasteiger partial charge >= 0.3 is 5.97 Å². The van der Waals surface area contributed by atoms with Crippen molar-refractivity contribution < 1.29 is 23.7 Å². The zero-order chi connectivity index (χ0) is 20.2. The van der Waals surface area contributed by atoms with Gasteiger partial charge in [-0.25, -0.2) is 4.79 Å². The summed E-state index contributed by atoms with van der Waals surface area (Å²) in [6, 6.07) is 12.4. The molecule has 0 amide bonds. The van der Waals surface area contributed by atoms with E-state index in [1.165, 1.54) is 18.9 Å². The van der Waals surface area contributed by atoms with Gasteiger partial charge in [0.15, 0.2) is 11.5 Å². The lowest BCUT2D eigenvalue weighted by atomic mass is 10.2. The third kappa shape index (κ3) is 6.99. The van der Waals surface area contributed by atoms with E-state index in [0.717, 1.165) is 18.4 Å². The highest BCUT2D eigenvalue weighted by Gasteiger charge is 2.06. The van der Waals surface area contributed by atoms with E-state index in [0.29, 0.717) is 29.6 Å². The van der Waals surface area contributed by atoms with Gasteiger partial charge in [0.2, 0.25) is 0 Å². The summed E-state index contributed by atoms with van der Waals surface area (Å²) in [5.74, 6) is 2.05. The summed E-state index contributed by atoms with van der Waals surface area (Å²) in [6.45, 7) is 2.85. The van der Waals surface area contributed by atoms with Gasteiger partial charge < -0.3 is 18.9 Å². The van der Waals surface area contributed by atoms with E-state index >= 15 is 0 Å². The molecule has 0 N–H and O–H groups in total.